The van der Waals surface area contributed by atoms with Crippen molar-refractivity contribution < 1.29 is 13.6 Å². The predicted molar refractivity (Wildman–Crippen MR) is 73.7 cm³/mol. The molecule has 7 heteroatoms. The van der Waals surface area contributed by atoms with Crippen molar-refractivity contribution in [3.8, 4) is 0 Å². The van der Waals surface area contributed by atoms with Crippen LogP contribution in [0.2, 0.25) is 0 Å². The van der Waals surface area contributed by atoms with E-state index in [-0.39, 0.29) is 4.47 Å². The van der Waals surface area contributed by atoms with Crippen LogP contribution in [-0.4, -0.2) is 24.0 Å². The lowest BCUT2D eigenvalue weighted by atomic mass is 10.2. The zero-order valence-corrected chi connectivity index (χ0v) is 12.1. The third-order valence-electron chi connectivity index (χ3n) is 2.22. The molecule has 1 aromatic rings. The average Bonchev–Trinajstić information content (AvgIpc) is 2.30. The number of thioether (sulfide) groups is 1. The van der Waals surface area contributed by atoms with E-state index in [1.165, 1.54) is 0 Å². The number of hydrogen-bond acceptors (Lipinski definition) is 3. The average molecular weight is 339 g/mol. The summed E-state index contributed by atoms with van der Waals surface area (Å²) < 4.78 is 27.2. The first kappa shape index (κ1) is 15.4. The van der Waals surface area contributed by atoms with Crippen LogP contribution in [0.5, 0.6) is 0 Å². The number of nitrogens with one attached hydrogen (secondary N) is 1. The molecule has 1 amide bonds. The van der Waals surface area contributed by atoms with Crippen molar-refractivity contribution in [1.82, 2.24) is 0 Å². The van der Waals surface area contributed by atoms with E-state index < -0.39 is 29.3 Å². The van der Waals surface area contributed by atoms with Gasteiger partial charge < -0.3 is 11.1 Å². The molecule has 0 heterocycles. The molecule has 3 nitrogen and oxygen atoms in total. The number of rotatable bonds is 5. The molecule has 0 aliphatic carbocycles. The van der Waals surface area contributed by atoms with Gasteiger partial charge in [0.1, 0.15) is 5.69 Å². The van der Waals surface area contributed by atoms with Crippen molar-refractivity contribution in [2.24, 2.45) is 5.73 Å². The summed E-state index contributed by atoms with van der Waals surface area (Å²) in [5.41, 5.74) is 5.13. The lowest BCUT2D eigenvalue weighted by Crippen LogP contribution is -2.36. The van der Waals surface area contributed by atoms with Crippen molar-refractivity contribution in [3.63, 3.8) is 0 Å². The van der Waals surface area contributed by atoms with Gasteiger partial charge in [0.05, 0.1) is 6.04 Å². The zero-order chi connectivity index (χ0) is 13.7. The number of halogens is 3. The first-order valence-corrected chi connectivity index (χ1v) is 7.34. The van der Waals surface area contributed by atoms with Gasteiger partial charge in [0, 0.05) is 4.47 Å². The molecular formula is C11H13BrF2N2OS. The van der Waals surface area contributed by atoms with Crippen LogP contribution in [0.3, 0.4) is 0 Å². The van der Waals surface area contributed by atoms with Crippen molar-refractivity contribution in [1.29, 1.82) is 0 Å². The first-order chi connectivity index (χ1) is 8.45. The van der Waals surface area contributed by atoms with Gasteiger partial charge in [0.2, 0.25) is 5.91 Å². The molecule has 3 N–H and O–H groups in total. The lowest BCUT2D eigenvalue weighted by molar-refractivity contribution is -0.117. The Morgan fingerprint density at radius 1 is 1.50 bits per heavy atom. The van der Waals surface area contributed by atoms with Crippen LogP contribution >= 0.6 is 27.7 Å². The van der Waals surface area contributed by atoms with Crippen LogP contribution in [0.4, 0.5) is 14.5 Å². The molecule has 0 fully saturated rings. The van der Waals surface area contributed by atoms with Crippen LogP contribution in [-0.2, 0) is 4.79 Å². The molecule has 0 saturated heterocycles. The number of nitrogens with two attached hydrogens (primary N) is 1. The van der Waals surface area contributed by atoms with Crippen LogP contribution < -0.4 is 11.1 Å². The summed E-state index contributed by atoms with van der Waals surface area (Å²) in [6, 6.07) is 1.37. The van der Waals surface area contributed by atoms with Crippen molar-refractivity contribution in [2.45, 2.75) is 12.5 Å². The van der Waals surface area contributed by atoms with Crippen molar-refractivity contribution >= 4 is 39.3 Å². The normalized spacial score (nSPS) is 12.3. The highest BCUT2D eigenvalue weighted by molar-refractivity contribution is 9.10. The quantitative estimate of drug-likeness (QED) is 0.867. The Balaban J connectivity index is 2.76. The number of carbonyl (C=O) groups is 1. The van der Waals surface area contributed by atoms with Crippen molar-refractivity contribution in [2.75, 3.05) is 17.3 Å². The second-order valence-electron chi connectivity index (χ2n) is 3.62. The monoisotopic (exact) mass is 338 g/mol. The van der Waals surface area contributed by atoms with Gasteiger partial charge in [-0.05, 0) is 30.6 Å². The maximum atomic E-state index is 13.5. The van der Waals surface area contributed by atoms with Crippen LogP contribution in [0.15, 0.2) is 16.6 Å². The molecule has 0 aliphatic rings. The highest BCUT2D eigenvalue weighted by atomic mass is 79.9. The molecule has 1 rings (SSSR count). The number of anilines is 1. The fourth-order valence-electron chi connectivity index (χ4n) is 1.25. The molecule has 0 spiro atoms. The van der Waals surface area contributed by atoms with Gasteiger partial charge in [-0.2, -0.15) is 11.8 Å². The highest BCUT2D eigenvalue weighted by Gasteiger charge is 2.18. The summed E-state index contributed by atoms with van der Waals surface area (Å²) in [4.78, 5) is 11.6. The number of benzene rings is 1. The Labute approximate surface area is 117 Å². The second kappa shape index (κ2) is 7.06. The molecule has 0 aliphatic heterocycles. The molecule has 1 aromatic carbocycles. The van der Waals surface area contributed by atoms with E-state index in [2.05, 4.69) is 21.2 Å². The van der Waals surface area contributed by atoms with Gasteiger partial charge in [-0.3, -0.25) is 4.79 Å². The first-order valence-electron chi connectivity index (χ1n) is 5.15. The smallest absolute Gasteiger partial charge is 0.241 e. The Morgan fingerprint density at radius 2 is 2.06 bits per heavy atom. The summed E-state index contributed by atoms with van der Waals surface area (Å²) >= 11 is 4.50. The molecule has 0 saturated carbocycles. The molecule has 1 atom stereocenters. The third kappa shape index (κ3) is 4.22. The fourth-order valence-corrected chi connectivity index (χ4v) is 2.15. The summed E-state index contributed by atoms with van der Waals surface area (Å²) in [6.07, 6.45) is 2.34. The van der Waals surface area contributed by atoms with Gasteiger partial charge in [-0.1, -0.05) is 15.9 Å². The Morgan fingerprint density at radius 3 is 2.56 bits per heavy atom. The summed E-state index contributed by atoms with van der Waals surface area (Å²) in [6.45, 7) is 0. The zero-order valence-electron chi connectivity index (χ0n) is 9.67. The summed E-state index contributed by atoms with van der Waals surface area (Å²) in [5, 5.41) is 2.17. The van der Waals surface area contributed by atoms with Crippen molar-refractivity contribution in [3.05, 3.63) is 28.2 Å². The molecule has 100 valence electrons. The van der Waals surface area contributed by atoms with Crippen LogP contribution in [0.25, 0.3) is 0 Å². The van der Waals surface area contributed by atoms with Gasteiger partial charge in [0.25, 0.3) is 0 Å². The van der Waals surface area contributed by atoms with E-state index in [9.17, 15) is 13.6 Å². The molecule has 0 radical (unpaired) electrons. The second-order valence-corrected chi connectivity index (χ2v) is 5.52. The maximum Gasteiger partial charge on any atom is 0.241 e. The molecule has 0 unspecified atom stereocenters. The number of amides is 1. The van der Waals surface area contributed by atoms with Gasteiger partial charge in [-0.25, -0.2) is 8.78 Å². The van der Waals surface area contributed by atoms with Gasteiger partial charge >= 0.3 is 0 Å². The Hall–Kier alpha value is -0.660. The van der Waals surface area contributed by atoms with Crippen LogP contribution in [0, 0.1) is 11.6 Å². The predicted octanol–water partition coefficient (Wildman–Crippen LogP) is 2.75. The number of carbonyl (C=O) groups excluding carboxylic acids is 1. The van der Waals surface area contributed by atoms with E-state index in [0.29, 0.717) is 12.2 Å². The van der Waals surface area contributed by atoms with E-state index in [0.717, 1.165) is 12.1 Å². The Kier molecular flexibility index (Phi) is 6.04. The SMILES string of the molecule is CSCC[C@H](N)C(=O)Nc1c(F)cc(Br)cc1F. The third-order valence-corrected chi connectivity index (χ3v) is 3.33. The maximum absolute atomic E-state index is 13.5. The summed E-state index contributed by atoms with van der Waals surface area (Å²) in [7, 11) is 0. The standard InChI is InChI=1S/C11H13BrF2N2OS/c1-18-3-2-9(15)11(17)16-10-7(13)4-6(12)5-8(10)14/h4-5,9H,2-3,15H2,1H3,(H,16,17)/t9-/m0/s1. The van der Waals surface area contributed by atoms with E-state index >= 15 is 0 Å². The molecular weight excluding hydrogens is 326 g/mol. The largest absolute Gasteiger partial charge is 0.320 e. The lowest BCUT2D eigenvalue weighted by Gasteiger charge is -2.13. The number of hydrogen-bond donors (Lipinski definition) is 2. The molecule has 0 aromatic heterocycles. The highest BCUT2D eigenvalue weighted by Crippen LogP contribution is 2.23. The van der Waals surface area contributed by atoms with Gasteiger partial charge in [-0.15, -0.1) is 0 Å². The van der Waals surface area contributed by atoms with E-state index in [4.69, 9.17) is 5.73 Å². The Bertz CT molecular complexity index is 422. The van der Waals surface area contributed by atoms with E-state index in [1.807, 2.05) is 6.26 Å². The fraction of sp³-hybridized carbons (Fsp3) is 0.364. The van der Waals surface area contributed by atoms with E-state index in [1.54, 1.807) is 11.8 Å². The molecule has 0 bridgehead atoms. The minimum absolute atomic E-state index is 0.266. The molecule has 18 heavy (non-hydrogen) atoms. The minimum Gasteiger partial charge on any atom is -0.320 e. The van der Waals surface area contributed by atoms with Gasteiger partial charge in [0.15, 0.2) is 11.6 Å². The van der Waals surface area contributed by atoms with Crippen LogP contribution in [0.1, 0.15) is 6.42 Å². The minimum atomic E-state index is -0.840. The summed E-state index contributed by atoms with van der Waals surface area (Å²) in [5.74, 6) is -1.57. The topological polar surface area (TPSA) is 55.1 Å².